The van der Waals surface area contributed by atoms with Crippen molar-refractivity contribution in [1.29, 1.82) is 0 Å². The van der Waals surface area contributed by atoms with E-state index in [1.165, 1.54) is 13.8 Å². The Morgan fingerprint density at radius 3 is 2.18 bits per heavy atom. The Hall–Kier alpha value is -1.11. The number of rotatable bonds is 6. The third kappa shape index (κ3) is 4.33. The van der Waals surface area contributed by atoms with Crippen LogP contribution in [0.15, 0.2) is 0 Å². The minimum Gasteiger partial charge on any atom is -0.481 e. The summed E-state index contributed by atoms with van der Waals surface area (Å²) in [7, 11) is -3.46. The van der Waals surface area contributed by atoms with E-state index in [2.05, 4.69) is 5.32 Å². The molecule has 7 heteroatoms. The van der Waals surface area contributed by atoms with Gasteiger partial charge in [0.05, 0.1) is 5.41 Å². The molecule has 0 aromatic heterocycles. The molecule has 2 N–H and O–H groups in total. The van der Waals surface area contributed by atoms with E-state index in [0.717, 1.165) is 6.26 Å². The topological polar surface area (TPSA) is 101 Å². The predicted molar refractivity (Wildman–Crippen MR) is 63.3 cm³/mol. The predicted octanol–water partition coefficient (Wildman–Crippen LogP) is 0.0366. The van der Waals surface area contributed by atoms with Crippen LogP contribution >= 0.6 is 0 Å². The zero-order chi connectivity index (χ0) is 13.9. The van der Waals surface area contributed by atoms with Crippen molar-refractivity contribution in [2.75, 3.05) is 12.8 Å². The first kappa shape index (κ1) is 15.9. The molecule has 6 nitrogen and oxygen atoms in total. The monoisotopic (exact) mass is 265 g/mol. The minimum atomic E-state index is -3.46. The van der Waals surface area contributed by atoms with Gasteiger partial charge in [0.1, 0.15) is 5.25 Å². The average Bonchev–Trinajstić information content (AvgIpc) is 2.22. The van der Waals surface area contributed by atoms with Gasteiger partial charge in [0.2, 0.25) is 5.91 Å². The molecule has 2 atom stereocenters. The second-order valence-corrected chi connectivity index (χ2v) is 6.78. The number of amides is 1. The smallest absolute Gasteiger partial charge is 0.311 e. The first-order valence-corrected chi connectivity index (χ1v) is 7.20. The molecule has 0 bridgehead atoms. The maximum atomic E-state index is 11.5. The zero-order valence-corrected chi connectivity index (χ0v) is 11.3. The summed E-state index contributed by atoms with van der Waals surface area (Å²) >= 11 is 0. The van der Waals surface area contributed by atoms with E-state index < -0.39 is 32.4 Å². The molecule has 0 heterocycles. The quantitative estimate of drug-likeness (QED) is 0.706. The Bertz CT molecular complexity index is 403. The van der Waals surface area contributed by atoms with Crippen LogP contribution in [0.1, 0.15) is 27.2 Å². The Labute approximate surface area is 101 Å². The number of carboxylic acid groups (broad SMARTS) is 1. The average molecular weight is 265 g/mol. The van der Waals surface area contributed by atoms with Gasteiger partial charge >= 0.3 is 5.97 Å². The van der Waals surface area contributed by atoms with E-state index in [0.29, 0.717) is 6.42 Å². The van der Waals surface area contributed by atoms with Gasteiger partial charge in [-0.15, -0.1) is 0 Å². The summed E-state index contributed by atoms with van der Waals surface area (Å²) < 4.78 is 22.2. The molecule has 0 aromatic carbocycles. The lowest BCUT2D eigenvalue weighted by Gasteiger charge is -2.23. The number of hydrogen-bond acceptors (Lipinski definition) is 4. The number of aliphatic carboxylic acids is 1. The van der Waals surface area contributed by atoms with E-state index in [9.17, 15) is 18.0 Å². The molecule has 0 aromatic rings. The van der Waals surface area contributed by atoms with Crippen LogP contribution < -0.4 is 5.32 Å². The number of sulfone groups is 1. The van der Waals surface area contributed by atoms with Gasteiger partial charge in [-0.05, 0) is 20.3 Å². The maximum absolute atomic E-state index is 11.5. The lowest BCUT2D eigenvalue weighted by molar-refractivity contribution is -0.148. The van der Waals surface area contributed by atoms with Gasteiger partial charge in [-0.2, -0.15) is 0 Å². The van der Waals surface area contributed by atoms with Crippen molar-refractivity contribution in [2.24, 2.45) is 5.41 Å². The summed E-state index contributed by atoms with van der Waals surface area (Å²) in [6.45, 7) is 4.38. The van der Waals surface area contributed by atoms with Crippen molar-refractivity contribution < 1.29 is 23.1 Å². The summed E-state index contributed by atoms with van der Waals surface area (Å²) in [5.41, 5.74) is -1.08. The highest BCUT2D eigenvalue weighted by atomic mass is 32.2. The van der Waals surface area contributed by atoms with Gasteiger partial charge in [-0.25, -0.2) is 8.42 Å². The highest BCUT2D eigenvalue weighted by Gasteiger charge is 2.33. The fourth-order valence-electron chi connectivity index (χ4n) is 0.972. The molecule has 0 saturated carbocycles. The Morgan fingerprint density at radius 2 is 1.88 bits per heavy atom. The third-order valence-electron chi connectivity index (χ3n) is 2.96. The molecular formula is C10H19NO5S. The van der Waals surface area contributed by atoms with E-state index in [4.69, 9.17) is 5.11 Å². The number of carbonyl (C=O) groups excluding carboxylic acids is 1. The fourth-order valence-corrected chi connectivity index (χ4v) is 1.44. The van der Waals surface area contributed by atoms with Gasteiger partial charge in [0.15, 0.2) is 9.84 Å². The number of nitrogens with one attached hydrogen (secondary N) is 1. The van der Waals surface area contributed by atoms with Crippen LogP contribution in [0.5, 0.6) is 0 Å². The normalized spacial score (nSPS) is 16.9. The van der Waals surface area contributed by atoms with Crippen LogP contribution in [-0.2, 0) is 19.4 Å². The lowest BCUT2D eigenvalue weighted by atomic mass is 9.88. The Kier molecular flexibility index (Phi) is 5.12. The third-order valence-corrected chi connectivity index (χ3v) is 4.46. The maximum Gasteiger partial charge on any atom is 0.311 e. The van der Waals surface area contributed by atoms with E-state index in [1.54, 1.807) is 6.92 Å². The number of hydrogen-bond donors (Lipinski definition) is 2. The molecule has 0 aliphatic rings. The fraction of sp³-hybridized carbons (Fsp3) is 0.800. The van der Waals surface area contributed by atoms with Gasteiger partial charge in [0.25, 0.3) is 0 Å². The highest BCUT2D eigenvalue weighted by molar-refractivity contribution is 7.92. The first-order chi connectivity index (χ1) is 7.54. The van der Waals surface area contributed by atoms with Crippen LogP contribution in [0.4, 0.5) is 0 Å². The second-order valence-electron chi connectivity index (χ2n) is 4.41. The Morgan fingerprint density at radius 1 is 1.41 bits per heavy atom. The molecule has 0 radical (unpaired) electrons. The lowest BCUT2D eigenvalue weighted by Crippen LogP contribution is -2.45. The molecule has 2 unspecified atom stereocenters. The van der Waals surface area contributed by atoms with Crippen LogP contribution in [0.2, 0.25) is 0 Å². The van der Waals surface area contributed by atoms with Crippen LogP contribution in [0, 0.1) is 5.41 Å². The Balaban J connectivity index is 4.59. The molecule has 0 saturated heterocycles. The second kappa shape index (κ2) is 5.48. The summed E-state index contributed by atoms with van der Waals surface area (Å²) in [6, 6.07) is 0. The zero-order valence-electron chi connectivity index (χ0n) is 10.5. The first-order valence-electron chi connectivity index (χ1n) is 5.24. The molecule has 100 valence electrons. The molecular weight excluding hydrogens is 246 g/mol. The number of carboxylic acids is 1. The van der Waals surface area contributed by atoms with Crippen LogP contribution in [-0.4, -0.2) is 43.5 Å². The summed E-state index contributed by atoms with van der Waals surface area (Å²) in [4.78, 5) is 22.5. The van der Waals surface area contributed by atoms with Crippen molar-refractivity contribution >= 4 is 21.7 Å². The molecule has 0 fully saturated rings. The van der Waals surface area contributed by atoms with Crippen LogP contribution in [0.3, 0.4) is 0 Å². The van der Waals surface area contributed by atoms with Crippen LogP contribution in [0.25, 0.3) is 0 Å². The molecule has 0 aliphatic heterocycles. The molecule has 17 heavy (non-hydrogen) atoms. The molecule has 0 aliphatic carbocycles. The summed E-state index contributed by atoms with van der Waals surface area (Å²) in [5, 5.41) is 10.2. The molecule has 1 amide bonds. The summed E-state index contributed by atoms with van der Waals surface area (Å²) in [6.07, 6.45) is 1.31. The van der Waals surface area contributed by atoms with Crippen molar-refractivity contribution in [3.63, 3.8) is 0 Å². The minimum absolute atomic E-state index is 0.0858. The van der Waals surface area contributed by atoms with Crippen molar-refractivity contribution in [3.05, 3.63) is 0 Å². The van der Waals surface area contributed by atoms with Gasteiger partial charge in [-0.3, -0.25) is 9.59 Å². The van der Waals surface area contributed by atoms with Crippen molar-refractivity contribution in [2.45, 2.75) is 32.4 Å². The SMILES string of the molecule is CCC(C)(CNC(=O)C(C)S(C)(=O)=O)C(=O)O. The van der Waals surface area contributed by atoms with E-state index in [1.807, 2.05) is 0 Å². The highest BCUT2D eigenvalue weighted by Crippen LogP contribution is 2.19. The van der Waals surface area contributed by atoms with E-state index in [-0.39, 0.29) is 6.54 Å². The summed E-state index contributed by atoms with van der Waals surface area (Å²) in [5.74, 6) is -1.69. The van der Waals surface area contributed by atoms with Crippen molar-refractivity contribution in [1.82, 2.24) is 5.32 Å². The molecule has 0 rings (SSSR count). The molecule has 0 spiro atoms. The van der Waals surface area contributed by atoms with Crippen molar-refractivity contribution in [3.8, 4) is 0 Å². The largest absolute Gasteiger partial charge is 0.481 e. The number of carbonyl (C=O) groups is 2. The van der Waals surface area contributed by atoms with Gasteiger partial charge in [0, 0.05) is 12.8 Å². The van der Waals surface area contributed by atoms with Gasteiger partial charge < -0.3 is 10.4 Å². The van der Waals surface area contributed by atoms with Gasteiger partial charge in [-0.1, -0.05) is 6.92 Å². The van der Waals surface area contributed by atoms with E-state index >= 15 is 0 Å². The standard InChI is InChI=1S/C10H19NO5S/c1-5-10(3,9(13)14)6-11-8(12)7(2)17(4,15)16/h7H,5-6H2,1-4H3,(H,11,12)(H,13,14).